The first kappa shape index (κ1) is 16.0. The van der Waals surface area contributed by atoms with E-state index in [1.54, 1.807) is 45.2 Å². The highest BCUT2D eigenvalue weighted by atomic mass is 32.2. The van der Waals surface area contributed by atoms with Gasteiger partial charge in [0.05, 0.1) is 22.8 Å². The molecule has 0 unspecified atom stereocenters. The summed E-state index contributed by atoms with van der Waals surface area (Å²) in [6.45, 7) is 4.67. The molecule has 1 heterocycles. The molecular formula is C14H18N4O3S. The predicted octanol–water partition coefficient (Wildman–Crippen LogP) is 1.81. The summed E-state index contributed by atoms with van der Waals surface area (Å²) in [5.41, 5.74) is 1.67. The maximum Gasteiger partial charge on any atom is 0.265 e. The molecule has 0 bridgehead atoms. The molecule has 0 saturated carbocycles. The van der Waals surface area contributed by atoms with Crippen molar-refractivity contribution < 1.29 is 13.2 Å². The van der Waals surface area contributed by atoms with Gasteiger partial charge in [0.2, 0.25) is 5.91 Å². The van der Waals surface area contributed by atoms with Crippen LogP contribution in [0.2, 0.25) is 0 Å². The molecule has 7 nitrogen and oxygen atoms in total. The number of nitrogens with one attached hydrogen (secondary N) is 2. The zero-order chi connectivity index (χ0) is 16.5. The second kappa shape index (κ2) is 5.80. The van der Waals surface area contributed by atoms with Crippen molar-refractivity contribution in [2.75, 3.05) is 16.7 Å². The van der Waals surface area contributed by atoms with E-state index in [0.29, 0.717) is 22.8 Å². The standard InChI is InChI=1S/C14H18N4O3S/c1-9-14(10(2)16-15-9)22(20,21)17-12-7-5-6-8-13(12)18(4)11(3)19/h5-8,17H,1-4H3,(H,15,16). The number of aromatic nitrogens is 2. The van der Waals surface area contributed by atoms with Crippen LogP contribution in [-0.2, 0) is 14.8 Å². The molecule has 0 saturated heterocycles. The van der Waals surface area contributed by atoms with E-state index in [4.69, 9.17) is 0 Å². The van der Waals surface area contributed by atoms with Crippen molar-refractivity contribution in [1.29, 1.82) is 0 Å². The van der Waals surface area contributed by atoms with Crippen LogP contribution < -0.4 is 9.62 Å². The van der Waals surface area contributed by atoms with Crippen molar-refractivity contribution in [3.05, 3.63) is 35.7 Å². The largest absolute Gasteiger partial charge is 0.314 e. The van der Waals surface area contributed by atoms with Crippen molar-refractivity contribution in [3.63, 3.8) is 0 Å². The van der Waals surface area contributed by atoms with Crippen molar-refractivity contribution in [3.8, 4) is 0 Å². The molecule has 2 rings (SSSR count). The molecule has 0 radical (unpaired) electrons. The van der Waals surface area contributed by atoms with E-state index in [9.17, 15) is 13.2 Å². The first-order valence-electron chi connectivity index (χ1n) is 6.61. The van der Waals surface area contributed by atoms with E-state index < -0.39 is 10.0 Å². The van der Waals surface area contributed by atoms with E-state index in [2.05, 4.69) is 14.9 Å². The minimum absolute atomic E-state index is 0.118. The Morgan fingerprint density at radius 2 is 1.91 bits per heavy atom. The molecule has 0 fully saturated rings. The Morgan fingerprint density at radius 3 is 2.45 bits per heavy atom. The fraction of sp³-hybridized carbons (Fsp3) is 0.286. The highest BCUT2D eigenvalue weighted by Crippen LogP contribution is 2.28. The number of carbonyl (C=O) groups excluding carboxylic acids is 1. The molecular weight excluding hydrogens is 304 g/mol. The normalized spacial score (nSPS) is 11.3. The molecule has 1 aromatic heterocycles. The third-order valence-electron chi connectivity index (χ3n) is 3.31. The van der Waals surface area contributed by atoms with Gasteiger partial charge in [-0.3, -0.25) is 14.6 Å². The molecule has 2 N–H and O–H groups in total. The lowest BCUT2D eigenvalue weighted by Gasteiger charge is -2.19. The number of benzene rings is 1. The fourth-order valence-corrected chi connectivity index (χ4v) is 3.60. The van der Waals surface area contributed by atoms with Crippen molar-refractivity contribution in [2.24, 2.45) is 0 Å². The van der Waals surface area contributed by atoms with Crippen LogP contribution in [-0.4, -0.2) is 31.6 Å². The summed E-state index contributed by atoms with van der Waals surface area (Å²) < 4.78 is 27.7. The SMILES string of the molecule is CC(=O)N(C)c1ccccc1NS(=O)(=O)c1c(C)n[nH]c1C. The molecule has 22 heavy (non-hydrogen) atoms. The van der Waals surface area contributed by atoms with E-state index in [-0.39, 0.29) is 10.8 Å². The van der Waals surface area contributed by atoms with Crippen LogP contribution in [0.4, 0.5) is 11.4 Å². The van der Waals surface area contributed by atoms with Gasteiger partial charge >= 0.3 is 0 Å². The molecule has 1 aromatic carbocycles. The van der Waals surface area contributed by atoms with Gasteiger partial charge in [-0.15, -0.1) is 0 Å². The van der Waals surface area contributed by atoms with Crippen LogP contribution >= 0.6 is 0 Å². The first-order chi connectivity index (χ1) is 10.2. The van der Waals surface area contributed by atoms with Gasteiger partial charge in [0.1, 0.15) is 4.90 Å². The van der Waals surface area contributed by atoms with Gasteiger partial charge in [0.15, 0.2) is 0 Å². The number of carbonyl (C=O) groups is 1. The van der Waals surface area contributed by atoms with Gasteiger partial charge in [0, 0.05) is 14.0 Å². The van der Waals surface area contributed by atoms with Crippen molar-refractivity contribution >= 4 is 27.3 Å². The van der Waals surface area contributed by atoms with Gasteiger partial charge < -0.3 is 4.90 Å². The number of aryl methyl sites for hydroxylation is 2. The summed E-state index contributed by atoms with van der Waals surface area (Å²) in [7, 11) is -2.21. The predicted molar refractivity (Wildman–Crippen MR) is 84.4 cm³/mol. The monoisotopic (exact) mass is 322 g/mol. The van der Waals surface area contributed by atoms with Crippen LogP contribution in [0.3, 0.4) is 0 Å². The van der Waals surface area contributed by atoms with Crippen LogP contribution in [0.25, 0.3) is 0 Å². The molecule has 1 amide bonds. The molecule has 2 aromatic rings. The van der Waals surface area contributed by atoms with E-state index in [1.807, 2.05) is 0 Å². The summed E-state index contributed by atoms with van der Waals surface area (Å²) in [6.07, 6.45) is 0. The maximum absolute atomic E-state index is 12.6. The summed E-state index contributed by atoms with van der Waals surface area (Å²) >= 11 is 0. The minimum Gasteiger partial charge on any atom is -0.314 e. The Labute approximate surface area is 129 Å². The second-order valence-corrected chi connectivity index (χ2v) is 6.58. The van der Waals surface area contributed by atoms with E-state index >= 15 is 0 Å². The lowest BCUT2D eigenvalue weighted by atomic mass is 10.2. The van der Waals surface area contributed by atoms with Gasteiger partial charge in [-0.25, -0.2) is 8.42 Å². The average molecular weight is 322 g/mol. The first-order valence-corrected chi connectivity index (χ1v) is 8.10. The number of nitrogens with zero attached hydrogens (tertiary/aromatic N) is 2. The molecule has 0 spiro atoms. The van der Waals surface area contributed by atoms with Gasteiger partial charge in [-0.05, 0) is 26.0 Å². The summed E-state index contributed by atoms with van der Waals surface area (Å²) in [6, 6.07) is 6.72. The van der Waals surface area contributed by atoms with Crippen molar-refractivity contribution in [1.82, 2.24) is 10.2 Å². The highest BCUT2D eigenvalue weighted by Gasteiger charge is 2.24. The van der Waals surface area contributed by atoms with Gasteiger partial charge in [-0.1, -0.05) is 12.1 Å². The minimum atomic E-state index is -3.79. The smallest absolute Gasteiger partial charge is 0.265 e. The third-order valence-corrected chi connectivity index (χ3v) is 4.94. The summed E-state index contributed by atoms with van der Waals surface area (Å²) in [4.78, 5) is 13.0. The van der Waals surface area contributed by atoms with E-state index in [1.165, 1.54) is 11.8 Å². The third kappa shape index (κ3) is 2.96. The van der Waals surface area contributed by atoms with Crippen LogP contribution in [0.5, 0.6) is 0 Å². The molecule has 0 atom stereocenters. The highest BCUT2D eigenvalue weighted by molar-refractivity contribution is 7.92. The number of amides is 1. The number of hydrogen-bond acceptors (Lipinski definition) is 4. The fourth-order valence-electron chi connectivity index (χ4n) is 2.15. The number of sulfonamides is 1. The quantitative estimate of drug-likeness (QED) is 0.897. The second-order valence-electron chi connectivity index (χ2n) is 4.96. The number of H-pyrrole nitrogens is 1. The number of rotatable bonds is 4. The Kier molecular flexibility index (Phi) is 4.23. The average Bonchev–Trinajstić information content (AvgIpc) is 2.78. The molecule has 8 heteroatoms. The Morgan fingerprint density at radius 1 is 1.27 bits per heavy atom. The van der Waals surface area contributed by atoms with Gasteiger partial charge in [0.25, 0.3) is 10.0 Å². The summed E-state index contributed by atoms with van der Waals surface area (Å²) in [5, 5.41) is 6.55. The van der Waals surface area contributed by atoms with Gasteiger partial charge in [-0.2, -0.15) is 5.10 Å². The van der Waals surface area contributed by atoms with E-state index in [0.717, 1.165) is 0 Å². The lowest BCUT2D eigenvalue weighted by molar-refractivity contribution is -0.116. The lowest BCUT2D eigenvalue weighted by Crippen LogP contribution is -2.25. The molecule has 118 valence electrons. The maximum atomic E-state index is 12.6. The number of anilines is 2. The molecule has 0 aliphatic rings. The van der Waals surface area contributed by atoms with Crippen LogP contribution in [0.15, 0.2) is 29.2 Å². The van der Waals surface area contributed by atoms with Crippen molar-refractivity contribution in [2.45, 2.75) is 25.7 Å². The summed E-state index contributed by atoms with van der Waals surface area (Å²) in [5.74, 6) is -0.192. The zero-order valence-corrected chi connectivity index (χ0v) is 13.7. The molecule has 0 aliphatic heterocycles. The zero-order valence-electron chi connectivity index (χ0n) is 12.8. The number of aromatic amines is 1. The Hall–Kier alpha value is -2.35. The Bertz CT molecular complexity index is 792. The van der Waals surface area contributed by atoms with Crippen LogP contribution in [0, 0.1) is 13.8 Å². The molecule has 0 aliphatic carbocycles. The number of hydrogen-bond donors (Lipinski definition) is 2. The number of para-hydroxylation sites is 2. The van der Waals surface area contributed by atoms with Crippen LogP contribution in [0.1, 0.15) is 18.3 Å². The topological polar surface area (TPSA) is 95.2 Å². The Balaban J connectivity index is 2.46.